The van der Waals surface area contributed by atoms with E-state index in [0.29, 0.717) is 12.3 Å². The highest BCUT2D eigenvalue weighted by atomic mass is 35.7. The Balaban J connectivity index is 3.46. The molecule has 0 amide bonds. The summed E-state index contributed by atoms with van der Waals surface area (Å²) in [6.07, 6.45) is -2.63. The minimum Gasteiger partial charge on any atom is -0.251 e. The molecule has 14 heavy (non-hydrogen) atoms. The molecule has 0 unspecified atom stereocenters. The molecule has 0 bridgehead atoms. The molecule has 1 aromatic heterocycles. The van der Waals surface area contributed by atoms with Crippen LogP contribution in [0.5, 0.6) is 0 Å². The largest absolute Gasteiger partial charge is 0.281 e. The van der Waals surface area contributed by atoms with Crippen molar-refractivity contribution in [3.63, 3.8) is 0 Å². The highest BCUT2D eigenvalue weighted by Gasteiger charge is 2.23. The van der Waals surface area contributed by atoms with Gasteiger partial charge in [0.25, 0.3) is 15.5 Å². The molecule has 0 aromatic carbocycles. The van der Waals surface area contributed by atoms with Crippen molar-refractivity contribution in [2.45, 2.75) is 11.3 Å². The maximum atomic E-state index is 12.5. The van der Waals surface area contributed by atoms with Gasteiger partial charge in [-0.15, -0.1) is 0 Å². The fourth-order valence-electron chi connectivity index (χ4n) is 0.790. The smallest absolute Gasteiger partial charge is 0.251 e. The van der Waals surface area contributed by atoms with Gasteiger partial charge in [0.2, 0.25) is 0 Å². The molecule has 1 rings (SSSR count). The average molecular weight is 246 g/mol. The normalized spacial score (nSPS) is 12.1. The molecule has 0 saturated heterocycles. The summed E-state index contributed by atoms with van der Waals surface area (Å²) in [6.45, 7) is 0. The van der Waals surface area contributed by atoms with Gasteiger partial charge in [0, 0.05) is 10.7 Å². The van der Waals surface area contributed by atoms with Crippen LogP contribution in [0.4, 0.5) is 13.2 Å². The van der Waals surface area contributed by atoms with Crippen LogP contribution >= 0.6 is 10.7 Å². The molecule has 1 aromatic rings. The molecule has 0 aliphatic heterocycles. The Bertz CT molecular complexity index is 448. The first-order valence-corrected chi connectivity index (χ1v) is 5.51. The molecule has 0 radical (unpaired) electrons. The van der Waals surface area contributed by atoms with Crippen LogP contribution in [0.3, 0.4) is 0 Å². The number of hydrogen-bond acceptors (Lipinski definition) is 3. The number of halogens is 4. The third kappa shape index (κ3) is 2.36. The standard InChI is InChI=1S/C6H3ClF3NO2S/c7-14(12,13)4-1-3(8)2-11-5(4)6(9)10/h1-2,6H. The minimum atomic E-state index is -4.41. The Kier molecular flexibility index (Phi) is 3.01. The van der Waals surface area contributed by atoms with Crippen molar-refractivity contribution in [3.8, 4) is 0 Å². The van der Waals surface area contributed by atoms with Gasteiger partial charge in [-0.1, -0.05) is 0 Å². The highest BCUT2D eigenvalue weighted by Crippen LogP contribution is 2.27. The molecular formula is C6H3ClF3NO2S. The SMILES string of the molecule is O=S(=O)(Cl)c1cc(F)cnc1C(F)F. The van der Waals surface area contributed by atoms with Crippen LogP contribution in [0.25, 0.3) is 0 Å². The van der Waals surface area contributed by atoms with E-state index in [2.05, 4.69) is 4.98 Å². The molecule has 0 aliphatic carbocycles. The predicted molar refractivity (Wildman–Crippen MR) is 42.2 cm³/mol. The topological polar surface area (TPSA) is 47.0 Å². The molecule has 3 nitrogen and oxygen atoms in total. The molecule has 0 aliphatic rings. The summed E-state index contributed by atoms with van der Waals surface area (Å²) in [4.78, 5) is 1.95. The van der Waals surface area contributed by atoms with Gasteiger partial charge in [0.15, 0.2) is 0 Å². The molecule has 0 fully saturated rings. The second-order valence-corrected chi connectivity index (χ2v) is 4.81. The van der Waals surface area contributed by atoms with E-state index in [1.165, 1.54) is 0 Å². The van der Waals surface area contributed by atoms with Gasteiger partial charge >= 0.3 is 0 Å². The van der Waals surface area contributed by atoms with Crippen LogP contribution < -0.4 is 0 Å². The summed E-state index contributed by atoms with van der Waals surface area (Å²) in [5, 5.41) is 0. The number of nitrogens with zero attached hydrogens (tertiary/aromatic N) is 1. The van der Waals surface area contributed by atoms with Gasteiger partial charge in [-0.05, 0) is 6.07 Å². The second kappa shape index (κ2) is 3.74. The van der Waals surface area contributed by atoms with Crippen molar-refractivity contribution in [1.29, 1.82) is 0 Å². The van der Waals surface area contributed by atoms with Crippen LogP contribution in [-0.4, -0.2) is 13.4 Å². The average Bonchev–Trinajstić information content (AvgIpc) is 2.01. The summed E-state index contributed by atoms with van der Waals surface area (Å²) in [7, 11) is 0.401. The van der Waals surface area contributed by atoms with Crippen LogP contribution in [0.2, 0.25) is 0 Å². The van der Waals surface area contributed by atoms with Crippen LogP contribution in [0, 0.1) is 5.82 Å². The molecular weight excluding hydrogens is 243 g/mol. The van der Waals surface area contributed by atoms with E-state index in [9.17, 15) is 21.6 Å². The molecule has 1 heterocycles. The van der Waals surface area contributed by atoms with E-state index in [0.717, 1.165) is 0 Å². The Labute approximate surface area is 81.9 Å². The maximum Gasteiger partial charge on any atom is 0.281 e. The Hall–Kier alpha value is -0.820. The Morgan fingerprint density at radius 2 is 2.00 bits per heavy atom. The quantitative estimate of drug-likeness (QED) is 0.750. The zero-order chi connectivity index (χ0) is 10.9. The van der Waals surface area contributed by atoms with Crippen molar-refractivity contribution in [1.82, 2.24) is 4.98 Å². The first kappa shape index (κ1) is 11.3. The van der Waals surface area contributed by atoms with Gasteiger partial charge < -0.3 is 0 Å². The first-order valence-electron chi connectivity index (χ1n) is 3.20. The van der Waals surface area contributed by atoms with E-state index < -0.39 is 31.9 Å². The number of pyridine rings is 1. The van der Waals surface area contributed by atoms with E-state index in [4.69, 9.17) is 10.7 Å². The predicted octanol–water partition coefficient (Wildman–Crippen LogP) is 2.09. The van der Waals surface area contributed by atoms with Gasteiger partial charge in [0.05, 0.1) is 6.20 Å². The minimum absolute atomic E-state index is 0.400. The van der Waals surface area contributed by atoms with Crippen LogP contribution in [-0.2, 0) is 9.05 Å². The lowest BCUT2D eigenvalue weighted by atomic mass is 10.3. The van der Waals surface area contributed by atoms with Gasteiger partial charge in [-0.2, -0.15) is 0 Å². The summed E-state index contributed by atoms with van der Waals surface area (Å²) < 4.78 is 58.3. The van der Waals surface area contributed by atoms with Crippen LogP contribution in [0.1, 0.15) is 12.1 Å². The molecule has 0 spiro atoms. The third-order valence-electron chi connectivity index (χ3n) is 1.32. The lowest BCUT2D eigenvalue weighted by Crippen LogP contribution is -2.02. The third-order valence-corrected chi connectivity index (χ3v) is 2.67. The summed E-state index contributed by atoms with van der Waals surface area (Å²) in [6, 6.07) is 0.400. The molecule has 78 valence electrons. The van der Waals surface area contributed by atoms with E-state index >= 15 is 0 Å². The Morgan fingerprint density at radius 3 is 2.43 bits per heavy atom. The summed E-state index contributed by atoms with van der Waals surface area (Å²) in [5.41, 5.74) is -1.05. The van der Waals surface area contributed by atoms with Gasteiger partial charge in [-0.3, -0.25) is 4.98 Å². The van der Waals surface area contributed by atoms with E-state index in [1.54, 1.807) is 0 Å². The van der Waals surface area contributed by atoms with E-state index in [1.807, 2.05) is 0 Å². The second-order valence-electron chi connectivity index (χ2n) is 2.28. The van der Waals surface area contributed by atoms with Gasteiger partial charge in [-0.25, -0.2) is 21.6 Å². The number of rotatable bonds is 2. The molecule has 0 saturated carbocycles. The van der Waals surface area contributed by atoms with Crippen molar-refractivity contribution in [2.75, 3.05) is 0 Å². The van der Waals surface area contributed by atoms with Crippen molar-refractivity contribution in [3.05, 3.63) is 23.8 Å². The zero-order valence-electron chi connectivity index (χ0n) is 6.42. The molecule has 0 N–H and O–H groups in total. The lowest BCUT2D eigenvalue weighted by Gasteiger charge is -2.03. The fourth-order valence-corrected chi connectivity index (χ4v) is 1.81. The highest BCUT2D eigenvalue weighted by molar-refractivity contribution is 8.13. The summed E-state index contributed by atoms with van der Waals surface area (Å²) >= 11 is 0. The fraction of sp³-hybridized carbons (Fsp3) is 0.167. The summed E-state index contributed by atoms with van der Waals surface area (Å²) in [5.74, 6) is -1.05. The molecule has 8 heteroatoms. The first-order chi connectivity index (χ1) is 6.32. The zero-order valence-corrected chi connectivity index (χ0v) is 7.99. The maximum absolute atomic E-state index is 12.5. The number of hydrogen-bond donors (Lipinski definition) is 0. The van der Waals surface area contributed by atoms with Gasteiger partial charge in [0.1, 0.15) is 16.4 Å². The molecule has 0 atom stereocenters. The van der Waals surface area contributed by atoms with Crippen molar-refractivity contribution in [2.24, 2.45) is 0 Å². The van der Waals surface area contributed by atoms with Crippen LogP contribution in [0.15, 0.2) is 17.2 Å². The Morgan fingerprint density at radius 1 is 1.43 bits per heavy atom. The van der Waals surface area contributed by atoms with Crippen molar-refractivity contribution >= 4 is 19.7 Å². The monoisotopic (exact) mass is 245 g/mol. The lowest BCUT2D eigenvalue weighted by molar-refractivity contribution is 0.142. The number of alkyl halides is 2. The number of aromatic nitrogens is 1. The van der Waals surface area contributed by atoms with Crippen molar-refractivity contribution < 1.29 is 21.6 Å². The van der Waals surface area contributed by atoms with E-state index in [-0.39, 0.29) is 0 Å².